The molecule has 0 spiro atoms. The van der Waals surface area contributed by atoms with E-state index in [9.17, 15) is 27.6 Å². The number of fused-ring (bicyclic) bond motifs is 1. The number of hydrogen-bond donors (Lipinski definition) is 2. The molecule has 3 aromatic rings. The van der Waals surface area contributed by atoms with Gasteiger partial charge in [-0.15, -0.1) is 6.58 Å². The molecular formula is C46H59N5O8S. The van der Waals surface area contributed by atoms with Crippen molar-refractivity contribution in [3.63, 3.8) is 0 Å². The quantitative estimate of drug-likeness (QED) is 0.192. The summed E-state index contributed by atoms with van der Waals surface area (Å²) in [5.41, 5.74) is -0.0281. The lowest BCUT2D eigenvalue weighted by Crippen LogP contribution is -2.58. The van der Waals surface area contributed by atoms with Crippen LogP contribution in [-0.4, -0.2) is 96.5 Å². The first-order valence-electron chi connectivity index (χ1n) is 21.4. The van der Waals surface area contributed by atoms with Gasteiger partial charge in [-0.3, -0.25) is 23.9 Å². The minimum Gasteiger partial charge on any atom is -0.497 e. The summed E-state index contributed by atoms with van der Waals surface area (Å²) < 4.78 is 41.4. The minimum atomic E-state index is -3.99. The zero-order valence-electron chi connectivity index (χ0n) is 35.3. The highest BCUT2D eigenvalue weighted by atomic mass is 32.2. The lowest BCUT2D eigenvalue weighted by Gasteiger charge is -2.36. The molecule has 2 aromatic carbocycles. The smallest absolute Gasteiger partial charge is 0.259 e. The summed E-state index contributed by atoms with van der Waals surface area (Å²) in [6.45, 7) is 11.0. The fourth-order valence-electron chi connectivity index (χ4n) is 9.14. The molecule has 2 N–H and O–H groups in total. The molecule has 2 saturated heterocycles. The monoisotopic (exact) mass is 841 g/mol. The number of amides is 4. The van der Waals surface area contributed by atoms with Crippen LogP contribution in [0.1, 0.15) is 91.4 Å². The molecule has 4 fully saturated rings. The Hall–Kier alpha value is -4.98. The number of carbonyl (C=O) groups excluding carboxylic acids is 4. The van der Waals surface area contributed by atoms with Crippen LogP contribution in [0.5, 0.6) is 11.5 Å². The molecule has 2 saturated carbocycles. The number of sulfonamides is 1. The average molecular weight is 842 g/mol. The highest BCUT2D eigenvalue weighted by Crippen LogP contribution is 2.46. The number of nitrogens with zero attached hydrogens (tertiary/aromatic N) is 3. The molecule has 5 atom stereocenters. The third-order valence-electron chi connectivity index (χ3n) is 12.9. The number of piperidine rings is 1. The van der Waals surface area contributed by atoms with E-state index in [0.717, 1.165) is 44.1 Å². The first-order valence-corrected chi connectivity index (χ1v) is 23.0. The number of aromatic nitrogens is 1. The first-order chi connectivity index (χ1) is 28.6. The number of hydrogen-bond acceptors (Lipinski definition) is 9. The molecule has 0 radical (unpaired) electrons. The van der Waals surface area contributed by atoms with E-state index in [1.165, 1.54) is 4.90 Å². The molecule has 2 aliphatic heterocycles. The number of likely N-dealkylation sites (tertiary alicyclic amines) is 2. The van der Waals surface area contributed by atoms with Gasteiger partial charge in [-0.05, 0) is 56.1 Å². The standard InChI is InChI=1S/C46H59N5O8S/c1-6-31-28-46(31,44(55)49-60(56,57)34-18-12-8-13-19-34)48-42(53)39-25-33(29-51(39)43(54)36(45(2,3)4)26-41(52)50-22-14-9-15-23-50)59-40-27-37(30-16-10-7-11-17-30)47-38-24-32(58-5)20-21-35(38)40/h6-7,10-11,16-17,20-21,24,27,31,33-34,36,39H,1,8-9,12-15,18-19,22-23,25-26,28-29H2,2-5H3,(H,48,53)(H,49,55)/t31-,33+,36+,39-,46+/m0/s1. The van der Waals surface area contributed by atoms with Gasteiger partial charge in [0, 0.05) is 54.9 Å². The van der Waals surface area contributed by atoms with Crippen LogP contribution in [0.4, 0.5) is 0 Å². The van der Waals surface area contributed by atoms with E-state index in [1.54, 1.807) is 13.2 Å². The van der Waals surface area contributed by atoms with Crippen molar-refractivity contribution in [2.45, 2.75) is 114 Å². The van der Waals surface area contributed by atoms with Gasteiger partial charge in [0.2, 0.25) is 27.7 Å². The lowest BCUT2D eigenvalue weighted by atomic mass is 9.77. The Morgan fingerprint density at radius 2 is 1.68 bits per heavy atom. The summed E-state index contributed by atoms with van der Waals surface area (Å²) in [6.07, 6.45) is 7.40. The van der Waals surface area contributed by atoms with Gasteiger partial charge < -0.3 is 24.6 Å². The summed E-state index contributed by atoms with van der Waals surface area (Å²) >= 11 is 0. The third kappa shape index (κ3) is 9.18. The summed E-state index contributed by atoms with van der Waals surface area (Å²) in [4.78, 5) is 65.6. The SMILES string of the molecule is C=C[C@H]1C[C@]1(NC(=O)[C@@H]1C[C@@H](Oc2cc(-c3ccccc3)nc3cc(OC)ccc23)CN1C(=O)[C@@H](CC(=O)N1CCCCC1)C(C)(C)C)C(=O)NS(=O)(=O)C1CCCCC1. The normalized spacial score (nSPS) is 24.0. The van der Waals surface area contributed by atoms with Crippen LogP contribution in [0.25, 0.3) is 22.2 Å². The number of carbonyl (C=O) groups is 4. The maximum Gasteiger partial charge on any atom is 0.259 e. The molecule has 0 bridgehead atoms. The fourth-order valence-corrected chi connectivity index (χ4v) is 10.7. The van der Waals surface area contributed by atoms with E-state index >= 15 is 0 Å². The second-order valence-corrected chi connectivity index (χ2v) is 20.0. The number of methoxy groups -OCH3 is 1. The number of nitrogens with one attached hydrogen (secondary N) is 2. The molecule has 2 aliphatic carbocycles. The van der Waals surface area contributed by atoms with Crippen molar-refractivity contribution in [1.29, 1.82) is 0 Å². The van der Waals surface area contributed by atoms with Crippen molar-refractivity contribution < 1.29 is 37.1 Å². The van der Waals surface area contributed by atoms with Gasteiger partial charge in [0.05, 0.1) is 36.0 Å². The Kier molecular flexibility index (Phi) is 12.6. The highest BCUT2D eigenvalue weighted by Gasteiger charge is 2.62. The molecule has 14 heteroatoms. The van der Waals surface area contributed by atoms with E-state index < -0.39 is 62.0 Å². The maximum atomic E-state index is 15.0. The molecule has 4 amide bonds. The molecule has 7 rings (SSSR count). The Balaban J connectivity index is 1.20. The van der Waals surface area contributed by atoms with Gasteiger partial charge in [0.1, 0.15) is 29.2 Å². The van der Waals surface area contributed by atoms with Gasteiger partial charge in [-0.25, -0.2) is 13.4 Å². The molecule has 3 heterocycles. The average Bonchev–Trinajstić information content (AvgIpc) is 3.81. The van der Waals surface area contributed by atoms with Crippen molar-refractivity contribution >= 4 is 44.6 Å². The minimum absolute atomic E-state index is 0.0140. The van der Waals surface area contributed by atoms with Gasteiger partial charge in [-0.2, -0.15) is 0 Å². The van der Waals surface area contributed by atoms with Crippen LogP contribution in [0, 0.1) is 17.3 Å². The summed E-state index contributed by atoms with van der Waals surface area (Å²) in [5, 5.41) is 2.94. The Morgan fingerprint density at radius 1 is 0.983 bits per heavy atom. The topological polar surface area (TPSA) is 164 Å². The molecular weight excluding hydrogens is 783 g/mol. The van der Waals surface area contributed by atoms with Crippen LogP contribution < -0.4 is 19.5 Å². The largest absolute Gasteiger partial charge is 0.497 e. The van der Waals surface area contributed by atoms with Crippen LogP contribution in [0.2, 0.25) is 0 Å². The Bertz CT molecular complexity index is 2210. The molecule has 4 aliphatic rings. The van der Waals surface area contributed by atoms with Crippen molar-refractivity contribution in [3.8, 4) is 22.8 Å². The third-order valence-corrected chi connectivity index (χ3v) is 14.7. The van der Waals surface area contributed by atoms with Crippen molar-refractivity contribution in [1.82, 2.24) is 24.8 Å². The van der Waals surface area contributed by atoms with Crippen LogP contribution in [0.15, 0.2) is 67.3 Å². The van der Waals surface area contributed by atoms with E-state index in [2.05, 4.69) is 16.6 Å². The first kappa shape index (κ1) is 43.1. The zero-order chi connectivity index (χ0) is 42.8. The van der Waals surface area contributed by atoms with E-state index in [4.69, 9.17) is 14.5 Å². The summed E-state index contributed by atoms with van der Waals surface area (Å²) in [6, 6.07) is 15.9. The van der Waals surface area contributed by atoms with Crippen LogP contribution >= 0.6 is 0 Å². The van der Waals surface area contributed by atoms with Crippen molar-refractivity contribution in [2.24, 2.45) is 17.3 Å². The van der Waals surface area contributed by atoms with E-state index in [-0.39, 0.29) is 37.6 Å². The van der Waals surface area contributed by atoms with Gasteiger partial charge in [0.25, 0.3) is 5.91 Å². The van der Waals surface area contributed by atoms with E-state index in [1.807, 2.05) is 80.3 Å². The number of pyridine rings is 1. The zero-order valence-corrected chi connectivity index (χ0v) is 36.1. The number of ether oxygens (including phenoxy) is 2. The second-order valence-electron chi connectivity index (χ2n) is 18.0. The van der Waals surface area contributed by atoms with Crippen LogP contribution in [-0.2, 0) is 29.2 Å². The predicted octanol–water partition coefficient (Wildman–Crippen LogP) is 6.16. The predicted molar refractivity (Wildman–Crippen MR) is 229 cm³/mol. The van der Waals surface area contributed by atoms with Crippen LogP contribution in [0.3, 0.4) is 0 Å². The van der Waals surface area contributed by atoms with Gasteiger partial charge in [-0.1, -0.05) is 76.4 Å². The maximum absolute atomic E-state index is 15.0. The second kappa shape index (κ2) is 17.6. The molecule has 0 unspecified atom stereocenters. The Labute approximate surface area is 353 Å². The van der Waals surface area contributed by atoms with Gasteiger partial charge in [0.15, 0.2) is 0 Å². The highest BCUT2D eigenvalue weighted by molar-refractivity contribution is 7.90. The summed E-state index contributed by atoms with van der Waals surface area (Å²) in [7, 11) is -2.41. The summed E-state index contributed by atoms with van der Waals surface area (Å²) in [5.74, 6) is -2.01. The molecule has 13 nitrogen and oxygen atoms in total. The number of rotatable bonds is 13. The Morgan fingerprint density at radius 3 is 2.33 bits per heavy atom. The lowest BCUT2D eigenvalue weighted by molar-refractivity contribution is -0.148. The van der Waals surface area contributed by atoms with Crippen molar-refractivity contribution in [3.05, 3.63) is 67.3 Å². The van der Waals surface area contributed by atoms with Crippen molar-refractivity contribution in [2.75, 3.05) is 26.7 Å². The van der Waals surface area contributed by atoms with Gasteiger partial charge >= 0.3 is 0 Å². The molecule has 1 aromatic heterocycles. The number of benzene rings is 2. The van der Waals surface area contributed by atoms with E-state index in [0.29, 0.717) is 54.0 Å². The molecule has 60 heavy (non-hydrogen) atoms. The fraction of sp³-hybridized carbons (Fsp3) is 0.543. The molecule has 322 valence electrons.